The van der Waals surface area contributed by atoms with E-state index >= 15 is 0 Å². The molecule has 9 heteroatoms. The molecule has 156 valence electrons. The average molecular weight is 437 g/mol. The van der Waals surface area contributed by atoms with Gasteiger partial charge in [0.05, 0.1) is 22.0 Å². The molecule has 0 unspecified atom stereocenters. The van der Waals surface area contributed by atoms with Gasteiger partial charge in [0.25, 0.3) is 0 Å². The fraction of sp³-hybridized carbons (Fsp3) is 0.400. The molecule has 0 saturated carbocycles. The molecule has 29 heavy (non-hydrogen) atoms. The summed E-state index contributed by atoms with van der Waals surface area (Å²) in [6, 6.07) is 15.2. The van der Waals surface area contributed by atoms with Gasteiger partial charge in [-0.05, 0) is 36.2 Å². The van der Waals surface area contributed by atoms with Crippen molar-refractivity contribution in [2.45, 2.75) is 35.3 Å². The van der Waals surface area contributed by atoms with Crippen molar-refractivity contribution in [1.29, 1.82) is 0 Å². The van der Waals surface area contributed by atoms with Crippen LogP contribution in [0.2, 0.25) is 0 Å². The molecule has 2 aliphatic heterocycles. The highest BCUT2D eigenvalue weighted by molar-refractivity contribution is 7.89. The van der Waals surface area contributed by atoms with Crippen molar-refractivity contribution in [2.75, 3.05) is 26.2 Å². The maximum atomic E-state index is 13.1. The van der Waals surface area contributed by atoms with Gasteiger partial charge in [0.15, 0.2) is 0 Å². The summed E-state index contributed by atoms with van der Waals surface area (Å²) < 4.78 is 60.6. The van der Waals surface area contributed by atoms with Gasteiger partial charge in [-0.15, -0.1) is 0 Å². The van der Waals surface area contributed by atoms with Crippen LogP contribution in [0, 0.1) is 0 Å². The van der Waals surface area contributed by atoms with Crippen molar-refractivity contribution in [1.82, 2.24) is 8.61 Å². The molecule has 4 rings (SSSR count). The van der Waals surface area contributed by atoms with Crippen molar-refractivity contribution in [3.63, 3.8) is 0 Å². The molecule has 0 radical (unpaired) electrons. The van der Waals surface area contributed by atoms with Crippen molar-refractivity contribution < 1.29 is 21.6 Å². The van der Waals surface area contributed by atoms with Crippen LogP contribution in [0.3, 0.4) is 0 Å². The van der Waals surface area contributed by atoms with E-state index < -0.39 is 32.3 Å². The Labute approximate surface area is 172 Å². The van der Waals surface area contributed by atoms with Crippen LogP contribution in [-0.4, -0.2) is 63.8 Å². The summed E-state index contributed by atoms with van der Waals surface area (Å²) in [7, 11) is -7.28. The molecule has 2 aromatic carbocycles. The van der Waals surface area contributed by atoms with Crippen LogP contribution < -0.4 is 0 Å². The lowest BCUT2D eigenvalue weighted by Crippen LogP contribution is -2.61. The van der Waals surface area contributed by atoms with E-state index in [1.807, 2.05) is 19.1 Å². The Morgan fingerprint density at radius 3 is 1.66 bits per heavy atom. The lowest BCUT2D eigenvalue weighted by Gasteiger charge is -2.44. The summed E-state index contributed by atoms with van der Waals surface area (Å²) in [6.07, 6.45) is -0.148. The third kappa shape index (κ3) is 3.97. The molecule has 2 aromatic rings. The third-order valence-electron chi connectivity index (χ3n) is 5.36. The maximum absolute atomic E-state index is 13.1. The molecule has 2 saturated heterocycles. The SMILES string of the molecule is CCc1ccc(S(=O)(=O)N2C[C@H]3CN(S(=O)(=O)c4ccccc4)C[C@@H](C2)O3)cc1. The van der Waals surface area contributed by atoms with E-state index in [1.54, 1.807) is 42.5 Å². The van der Waals surface area contributed by atoms with Gasteiger partial charge < -0.3 is 4.74 Å². The predicted octanol–water partition coefficient (Wildman–Crippen LogP) is 1.71. The molecular weight excluding hydrogens is 412 g/mol. The Morgan fingerprint density at radius 1 is 0.759 bits per heavy atom. The molecule has 2 aliphatic rings. The van der Waals surface area contributed by atoms with E-state index in [1.165, 1.54) is 8.61 Å². The van der Waals surface area contributed by atoms with Gasteiger partial charge in [0.2, 0.25) is 20.0 Å². The molecule has 2 heterocycles. The van der Waals surface area contributed by atoms with Crippen LogP contribution in [0.4, 0.5) is 0 Å². The lowest BCUT2D eigenvalue weighted by atomic mass is 10.2. The fourth-order valence-corrected chi connectivity index (χ4v) is 6.83. The highest BCUT2D eigenvalue weighted by Gasteiger charge is 2.43. The van der Waals surface area contributed by atoms with E-state index in [0.29, 0.717) is 0 Å². The molecule has 0 N–H and O–H groups in total. The Hall–Kier alpha value is -1.78. The number of hydrogen-bond donors (Lipinski definition) is 0. The quantitative estimate of drug-likeness (QED) is 0.713. The van der Waals surface area contributed by atoms with E-state index in [0.717, 1.165) is 12.0 Å². The first kappa shape index (κ1) is 20.5. The van der Waals surface area contributed by atoms with Crippen LogP contribution in [0.15, 0.2) is 64.4 Å². The molecule has 0 aromatic heterocycles. The van der Waals surface area contributed by atoms with Crippen LogP contribution in [0.25, 0.3) is 0 Å². The topological polar surface area (TPSA) is 84.0 Å². The van der Waals surface area contributed by atoms with Gasteiger partial charge in [-0.25, -0.2) is 16.8 Å². The minimum atomic E-state index is -3.65. The molecule has 7 nitrogen and oxygen atoms in total. The molecule has 2 fully saturated rings. The van der Waals surface area contributed by atoms with Crippen molar-refractivity contribution >= 4 is 20.0 Å². The monoisotopic (exact) mass is 436 g/mol. The summed E-state index contributed by atoms with van der Waals surface area (Å²) in [5.41, 5.74) is 1.07. The number of hydrogen-bond acceptors (Lipinski definition) is 5. The van der Waals surface area contributed by atoms with Gasteiger partial charge in [-0.1, -0.05) is 37.3 Å². The van der Waals surface area contributed by atoms with Crippen LogP contribution in [-0.2, 0) is 31.2 Å². The second-order valence-corrected chi connectivity index (χ2v) is 11.2. The molecule has 2 atom stereocenters. The van der Waals surface area contributed by atoms with Gasteiger partial charge >= 0.3 is 0 Å². The number of ether oxygens (including phenoxy) is 1. The van der Waals surface area contributed by atoms with E-state index in [-0.39, 0.29) is 36.0 Å². The summed E-state index contributed by atoms with van der Waals surface area (Å²) in [5.74, 6) is 0. The molecule has 0 amide bonds. The van der Waals surface area contributed by atoms with E-state index in [4.69, 9.17) is 4.74 Å². The summed E-state index contributed by atoms with van der Waals surface area (Å²) in [6.45, 7) is 2.55. The highest BCUT2D eigenvalue weighted by Crippen LogP contribution is 2.28. The van der Waals surface area contributed by atoms with E-state index in [2.05, 4.69) is 0 Å². The van der Waals surface area contributed by atoms with Gasteiger partial charge in [0.1, 0.15) is 0 Å². The number of fused-ring (bicyclic) bond motifs is 2. The molecule has 2 bridgehead atoms. The van der Waals surface area contributed by atoms with Crippen LogP contribution >= 0.6 is 0 Å². The lowest BCUT2D eigenvalue weighted by molar-refractivity contribution is -0.104. The first-order valence-electron chi connectivity index (χ1n) is 9.60. The number of aryl methyl sites for hydroxylation is 1. The summed E-state index contributed by atoms with van der Waals surface area (Å²) in [5, 5.41) is 0. The minimum Gasteiger partial charge on any atom is -0.369 e. The fourth-order valence-electron chi connectivity index (χ4n) is 3.80. The van der Waals surface area contributed by atoms with Crippen molar-refractivity contribution in [2.24, 2.45) is 0 Å². The third-order valence-corrected chi connectivity index (χ3v) is 9.06. The molecule has 0 spiro atoms. The average Bonchev–Trinajstić information content (AvgIpc) is 2.73. The Balaban J connectivity index is 1.52. The number of rotatable bonds is 5. The van der Waals surface area contributed by atoms with Crippen molar-refractivity contribution in [3.8, 4) is 0 Å². The number of sulfonamides is 2. The standard InChI is InChI=1S/C20H24N2O5S2/c1-2-16-8-10-20(11-9-16)29(25,26)22-14-17-12-21(13-18(15-22)27-17)28(23,24)19-6-4-3-5-7-19/h3-11,17-18H,2,12-15H2,1H3/t17-,18+. The molecule has 0 aliphatic carbocycles. The summed E-state index contributed by atoms with van der Waals surface area (Å²) in [4.78, 5) is 0.490. The second-order valence-electron chi connectivity index (χ2n) is 7.33. The Bertz CT molecular complexity index is 1060. The normalized spacial score (nSPS) is 23.8. The highest BCUT2D eigenvalue weighted by atomic mass is 32.2. The first-order chi connectivity index (χ1) is 13.8. The van der Waals surface area contributed by atoms with Gasteiger partial charge in [-0.2, -0.15) is 8.61 Å². The number of benzene rings is 2. The van der Waals surface area contributed by atoms with Gasteiger partial charge in [-0.3, -0.25) is 0 Å². The Kier molecular flexibility index (Phi) is 5.52. The van der Waals surface area contributed by atoms with Crippen LogP contribution in [0.1, 0.15) is 12.5 Å². The minimum absolute atomic E-state index is 0.133. The van der Waals surface area contributed by atoms with Crippen LogP contribution in [0.5, 0.6) is 0 Å². The zero-order valence-electron chi connectivity index (χ0n) is 16.1. The number of morpholine rings is 2. The maximum Gasteiger partial charge on any atom is 0.243 e. The second kappa shape index (κ2) is 7.81. The van der Waals surface area contributed by atoms with Gasteiger partial charge in [0, 0.05) is 26.2 Å². The zero-order chi connectivity index (χ0) is 20.6. The zero-order valence-corrected chi connectivity index (χ0v) is 17.8. The first-order valence-corrected chi connectivity index (χ1v) is 12.5. The van der Waals surface area contributed by atoms with E-state index in [9.17, 15) is 16.8 Å². The number of nitrogens with zero attached hydrogens (tertiary/aromatic N) is 2. The smallest absolute Gasteiger partial charge is 0.243 e. The molecular formula is C20H24N2O5S2. The predicted molar refractivity (Wildman–Crippen MR) is 108 cm³/mol. The Morgan fingerprint density at radius 2 is 1.21 bits per heavy atom. The van der Waals surface area contributed by atoms with Crippen molar-refractivity contribution in [3.05, 3.63) is 60.2 Å². The largest absolute Gasteiger partial charge is 0.369 e. The summed E-state index contributed by atoms with van der Waals surface area (Å²) >= 11 is 0.